The molecule has 0 N–H and O–H groups in total. The molecule has 0 bridgehead atoms. The molecule has 0 aliphatic heterocycles. The molecule has 0 saturated heterocycles. The third kappa shape index (κ3) is 2.22. The van der Waals surface area contributed by atoms with E-state index in [-0.39, 0.29) is 5.82 Å². The average Bonchev–Trinajstić information content (AvgIpc) is 2.76. The van der Waals surface area contributed by atoms with Gasteiger partial charge in [0, 0.05) is 12.7 Å². The monoisotopic (exact) mass is 267 g/mol. The van der Waals surface area contributed by atoms with Gasteiger partial charge in [0.25, 0.3) is 0 Å². The lowest BCUT2D eigenvalue weighted by atomic mass is 10.00. The molecule has 1 aromatic heterocycles. The van der Waals surface area contributed by atoms with Crippen LogP contribution in [0.5, 0.6) is 0 Å². The molecule has 0 unspecified atom stereocenters. The molecular weight excluding hydrogens is 249 g/mol. The van der Waals surface area contributed by atoms with E-state index in [1.54, 1.807) is 6.07 Å². The highest BCUT2D eigenvalue weighted by Gasteiger charge is 2.07. The van der Waals surface area contributed by atoms with Crippen molar-refractivity contribution in [3.05, 3.63) is 70.7 Å². The van der Waals surface area contributed by atoms with Gasteiger partial charge in [-0.25, -0.2) is 4.39 Å². The number of aromatic nitrogens is 1. The first-order valence-corrected chi connectivity index (χ1v) is 6.86. The summed E-state index contributed by atoms with van der Waals surface area (Å²) in [6, 6.07) is 11.4. The summed E-state index contributed by atoms with van der Waals surface area (Å²) >= 11 is 0. The van der Waals surface area contributed by atoms with Crippen molar-refractivity contribution in [2.45, 2.75) is 27.3 Å². The lowest BCUT2D eigenvalue weighted by Crippen LogP contribution is -2.03. The van der Waals surface area contributed by atoms with Crippen LogP contribution in [0.1, 0.15) is 22.3 Å². The van der Waals surface area contributed by atoms with Gasteiger partial charge in [-0.3, -0.25) is 0 Å². The second-order valence-electron chi connectivity index (χ2n) is 5.52. The highest BCUT2D eigenvalue weighted by Crippen LogP contribution is 2.22. The van der Waals surface area contributed by atoms with E-state index in [2.05, 4.69) is 37.5 Å². The van der Waals surface area contributed by atoms with Crippen LogP contribution in [0.25, 0.3) is 10.9 Å². The zero-order valence-corrected chi connectivity index (χ0v) is 12.1. The largest absolute Gasteiger partial charge is 0.343 e. The van der Waals surface area contributed by atoms with E-state index in [4.69, 9.17) is 0 Å². The normalized spacial score (nSPS) is 11.2. The predicted molar refractivity (Wildman–Crippen MR) is 81.7 cm³/mol. The van der Waals surface area contributed by atoms with Crippen LogP contribution < -0.4 is 0 Å². The van der Waals surface area contributed by atoms with Gasteiger partial charge in [0.05, 0.1) is 5.52 Å². The van der Waals surface area contributed by atoms with Gasteiger partial charge in [0.2, 0.25) is 0 Å². The minimum Gasteiger partial charge on any atom is -0.343 e. The van der Waals surface area contributed by atoms with Gasteiger partial charge in [-0.15, -0.1) is 0 Å². The summed E-state index contributed by atoms with van der Waals surface area (Å²) in [6.07, 6.45) is 2.03. The highest BCUT2D eigenvalue weighted by molar-refractivity contribution is 5.80. The fourth-order valence-electron chi connectivity index (χ4n) is 2.92. The molecule has 1 heterocycles. The number of fused-ring (bicyclic) bond motifs is 1. The van der Waals surface area contributed by atoms with E-state index >= 15 is 0 Å². The lowest BCUT2D eigenvalue weighted by Gasteiger charge is -2.13. The number of hydrogen-bond acceptors (Lipinski definition) is 0. The molecule has 3 aromatic rings. The van der Waals surface area contributed by atoms with E-state index in [0.717, 1.165) is 17.4 Å². The summed E-state index contributed by atoms with van der Waals surface area (Å²) in [7, 11) is 0. The van der Waals surface area contributed by atoms with Gasteiger partial charge in [0.15, 0.2) is 0 Å². The van der Waals surface area contributed by atoms with Crippen molar-refractivity contribution in [3.8, 4) is 0 Å². The molecule has 0 aliphatic rings. The molecule has 0 saturated carbocycles. The van der Waals surface area contributed by atoms with Crippen molar-refractivity contribution in [1.29, 1.82) is 0 Å². The Labute approximate surface area is 118 Å². The van der Waals surface area contributed by atoms with Gasteiger partial charge < -0.3 is 4.57 Å². The molecule has 20 heavy (non-hydrogen) atoms. The van der Waals surface area contributed by atoms with E-state index in [9.17, 15) is 4.39 Å². The molecule has 0 amide bonds. The molecule has 0 spiro atoms. The smallest absolute Gasteiger partial charge is 0.125 e. The minimum absolute atomic E-state index is 0.185. The third-order valence-corrected chi connectivity index (χ3v) is 3.90. The average molecular weight is 267 g/mol. The van der Waals surface area contributed by atoms with Crippen LogP contribution in [0.4, 0.5) is 4.39 Å². The number of rotatable bonds is 2. The van der Waals surface area contributed by atoms with Crippen molar-refractivity contribution in [2.75, 3.05) is 0 Å². The Morgan fingerprint density at radius 3 is 2.35 bits per heavy atom. The standard InChI is InChI=1S/C18H18FN/c1-12-8-13(2)17(14(3)9-12)11-20-7-6-15-4-5-16(19)10-18(15)20/h4-10H,11H2,1-3H3. The topological polar surface area (TPSA) is 4.93 Å². The SMILES string of the molecule is Cc1cc(C)c(Cn2ccc3ccc(F)cc32)c(C)c1. The summed E-state index contributed by atoms with van der Waals surface area (Å²) in [4.78, 5) is 0. The molecule has 2 heteroatoms. The van der Waals surface area contributed by atoms with E-state index in [0.29, 0.717) is 0 Å². The van der Waals surface area contributed by atoms with Crippen LogP contribution in [-0.4, -0.2) is 4.57 Å². The molecule has 0 fully saturated rings. The maximum absolute atomic E-state index is 13.4. The summed E-state index contributed by atoms with van der Waals surface area (Å²) < 4.78 is 15.5. The molecule has 102 valence electrons. The Morgan fingerprint density at radius 1 is 0.950 bits per heavy atom. The Morgan fingerprint density at radius 2 is 1.65 bits per heavy atom. The van der Waals surface area contributed by atoms with Gasteiger partial charge >= 0.3 is 0 Å². The minimum atomic E-state index is -0.185. The second kappa shape index (κ2) is 4.78. The lowest BCUT2D eigenvalue weighted by molar-refractivity contribution is 0.628. The van der Waals surface area contributed by atoms with Gasteiger partial charge in [-0.05, 0) is 67.1 Å². The van der Waals surface area contributed by atoms with E-state index < -0.39 is 0 Å². The van der Waals surface area contributed by atoms with Crippen molar-refractivity contribution in [3.63, 3.8) is 0 Å². The predicted octanol–water partition coefficient (Wildman–Crippen LogP) is 4.75. The zero-order valence-electron chi connectivity index (χ0n) is 12.1. The highest BCUT2D eigenvalue weighted by atomic mass is 19.1. The van der Waals surface area contributed by atoms with Crippen LogP contribution in [0.3, 0.4) is 0 Å². The summed E-state index contributed by atoms with van der Waals surface area (Å²) in [5.41, 5.74) is 6.13. The summed E-state index contributed by atoms with van der Waals surface area (Å²) in [5, 5.41) is 1.08. The van der Waals surface area contributed by atoms with Gasteiger partial charge in [0.1, 0.15) is 5.82 Å². The molecular formula is C18H18FN. The van der Waals surface area contributed by atoms with Crippen molar-refractivity contribution < 1.29 is 4.39 Å². The molecule has 1 nitrogen and oxygen atoms in total. The Balaban J connectivity index is 2.08. The first-order chi connectivity index (χ1) is 9.54. The number of benzene rings is 2. The Kier molecular flexibility index (Phi) is 3.09. The van der Waals surface area contributed by atoms with Gasteiger partial charge in [-0.1, -0.05) is 17.7 Å². The zero-order chi connectivity index (χ0) is 14.3. The Bertz CT molecular complexity index is 760. The van der Waals surface area contributed by atoms with Crippen LogP contribution >= 0.6 is 0 Å². The van der Waals surface area contributed by atoms with Crippen LogP contribution in [0.15, 0.2) is 42.6 Å². The van der Waals surface area contributed by atoms with Crippen LogP contribution in [0.2, 0.25) is 0 Å². The number of nitrogens with zero attached hydrogens (tertiary/aromatic N) is 1. The van der Waals surface area contributed by atoms with Crippen LogP contribution in [-0.2, 0) is 6.54 Å². The van der Waals surface area contributed by atoms with Crippen LogP contribution in [0, 0.1) is 26.6 Å². The number of aryl methyl sites for hydroxylation is 3. The third-order valence-electron chi connectivity index (χ3n) is 3.90. The first-order valence-electron chi connectivity index (χ1n) is 6.86. The Hall–Kier alpha value is -2.09. The second-order valence-corrected chi connectivity index (χ2v) is 5.52. The molecule has 3 rings (SSSR count). The number of hydrogen-bond donors (Lipinski definition) is 0. The maximum atomic E-state index is 13.4. The van der Waals surface area contributed by atoms with E-state index in [1.807, 2.05) is 18.3 Å². The fraction of sp³-hybridized carbons (Fsp3) is 0.222. The first kappa shape index (κ1) is 12.9. The van der Waals surface area contributed by atoms with Crippen molar-refractivity contribution >= 4 is 10.9 Å². The van der Waals surface area contributed by atoms with Crippen molar-refractivity contribution in [1.82, 2.24) is 4.57 Å². The van der Waals surface area contributed by atoms with Crippen molar-refractivity contribution in [2.24, 2.45) is 0 Å². The molecule has 0 aliphatic carbocycles. The van der Waals surface area contributed by atoms with E-state index in [1.165, 1.54) is 28.3 Å². The summed E-state index contributed by atoms with van der Waals surface area (Å²) in [5.74, 6) is -0.185. The molecule has 0 radical (unpaired) electrons. The fourth-order valence-corrected chi connectivity index (χ4v) is 2.92. The molecule has 2 aromatic carbocycles. The summed E-state index contributed by atoms with van der Waals surface area (Å²) in [6.45, 7) is 7.18. The quantitative estimate of drug-likeness (QED) is 0.631. The number of halogens is 1. The maximum Gasteiger partial charge on any atom is 0.125 e. The molecule has 0 atom stereocenters. The van der Waals surface area contributed by atoms with Gasteiger partial charge in [-0.2, -0.15) is 0 Å².